The molecule has 1 atom stereocenters. The van der Waals surface area contributed by atoms with Crippen LogP contribution in [0.3, 0.4) is 0 Å². The molecule has 0 aliphatic rings. The van der Waals surface area contributed by atoms with Gasteiger partial charge in [-0.3, -0.25) is 18.7 Å². The highest BCUT2D eigenvalue weighted by Crippen LogP contribution is 2.29. The van der Waals surface area contributed by atoms with Crippen LogP contribution in [-0.2, 0) is 25.4 Å². The molecule has 3 rings (SSSR count). The second-order valence-corrected chi connectivity index (χ2v) is 7.24. The molecule has 0 saturated heterocycles. The van der Waals surface area contributed by atoms with E-state index in [0.717, 1.165) is 21.4 Å². The van der Waals surface area contributed by atoms with Crippen LogP contribution in [0, 0.1) is 12.8 Å². The van der Waals surface area contributed by atoms with Gasteiger partial charge in [0.15, 0.2) is 0 Å². The van der Waals surface area contributed by atoms with Gasteiger partial charge in [-0.1, -0.05) is 30.7 Å². The third kappa shape index (κ3) is 3.28. The Bertz CT molecular complexity index is 1170. The number of aryl methyl sites for hydroxylation is 3. The maximum absolute atomic E-state index is 12.9. The van der Waals surface area contributed by atoms with Crippen molar-refractivity contribution < 1.29 is 9.90 Å². The third-order valence-corrected chi connectivity index (χ3v) is 5.36. The molecule has 3 aromatic rings. The largest absolute Gasteiger partial charge is 0.481 e. The van der Waals surface area contributed by atoms with Crippen molar-refractivity contribution in [1.29, 1.82) is 0 Å². The molecule has 0 aliphatic heterocycles. The van der Waals surface area contributed by atoms with Gasteiger partial charge in [-0.2, -0.15) is 0 Å². The minimum absolute atomic E-state index is 0.348. The van der Waals surface area contributed by atoms with E-state index in [1.54, 1.807) is 13.2 Å². The van der Waals surface area contributed by atoms with E-state index in [4.69, 9.17) is 0 Å². The number of carboxylic acids is 1. The standard InChI is InChI=1S/C21H25N3O4/c1-5-14(20(26)27)9-10-24-12-16-17(19(25)23(4)21(28)22(16)3)18(24)15-8-6-7-13(2)11-15/h6-8,11-12,14H,5,9-10H2,1-4H3,(H,26,27). The molecule has 2 aromatic heterocycles. The van der Waals surface area contributed by atoms with Crippen molar-refractivity contribution in [3.63, 3.8) is 0 Å². The Kier molecular flexibility index (Phi) is 5.27. The molecule has 1 aromatic carbocycles. The van der Waals surface area contributed by atoms with Crippen LogP contribution in [0.4, 0.5) is 0 Å². The van der Waals surface area contributed by atoms with E-state index in [1.807, 2.05) is 42.7 Å². The second kappa shape index (κ2) is 7.50. The van der Waals surface area contributed by atoms with E-state index in [2.05, 4.69) is 0 Å². The van der Waals surface area contributed by atoms with Crippen molar-refractivity contribution in [2.45, 2.75) is 33.2 Å². The van der Waals surface area contributed by atoms with Crippen LogP contribution >= 0.6 is 0 Å². The minimum atomic E-state index is -0.820. The van der Waals surface area contributed by atoms with Gasteiger partial charge in [0, 0.05) is 26.8 Å². The summed E-state index contributed by atoms with van der Waals surface area (Å²) in [5.74, 6) is -1.28. The topological polar surface area (TPSA) is 86.2 Å². The summed E-state index contributed by atoms with van der Waals surface area (Å²) in [7, 11) is 3.11. The molecular formula is C21H25N3O4. The molecule has 1 unspecified atom stereocenters. The molecule has 0 saturated carbocycles. The van der Waals surface area contributed by atoms with Crippen molar-refractivity contribution in [1.82, 2.24) is 13.7 Å². The first kappa shape index (κ1) is 19.7. The highest BCUT2D eigenvalue weighted by Gasteiger charge is 2.21. The Hall–Kier alpha value is -3.09. The first-order valence-electron chi connectivity index (χ1n) is 9.35. The summed E-state index contributed by atoms with van der Waals surface area (Å²) in [6.45, 7) is 4.27. The number of nitrogens with zero attached hydrogens (tertiary/aromatic N) is 3. The summed E-state index contributed by atoms with van der Waals surface area (Å²) in [5.41, 5.74) is 2.45. The lowest BCUT2D eigenvalue weighted by Crippen LogP contribution is -2.36. The van der Waals surface area contributed by atoms with Crippen LogP contribution in [0.2, 0.25) is 0 Å². The van der Waals surface area contributed by atoms with Crippen molar-refractivity contribution in [2.75, 3.05) is 0 Å². The SMILES string of the molecule is CCC(CCn1cc2c(c1-c1cccc(C)c1)c(=O)n(C)c(=O)n2C)C(=O)O. The van der Waals surface area contributed by atoms with E-state index in [0.29, 0.717) is 30.3 Å². The third-order valence-electron chi connectivity index (χ3n) is 5.36. The maximum atomic E-state index is 12.9. The van der Waals surface area contributed by atoms with Crippen LogP contribution in [0.25, 0.3) is 22.2 Å². The fraction of sp³-hybridized carbons (Fsp3) is 0.381. The molecule has 0 radical (unpaired) electrons. The van der Waals surface area contributed by atoms with Crippen molar-refractivity contribution in [2.24, 2.45) is 20.0 Å². The molecule has 0 aliphatic carbocycles. The van der Waals surface area contributed by atoms with Gasteiger partial charge >= 0.3 is 11.7 Å². The van der Waals surface area contributed by atoms with E-state index in [1.165, 1.54) is 11.6 Å². The van der Waals surface area contributed by atoms with Crippen LogP contribution in [0.1, 0.15) is 25.3 Å². The summed E-state index contributed by atoms with van der Waals surface area (Å²) in [6, 6.07) is 7.82. The van der Waals surface area contributed by atoms with Crippen molar-refractivity contribution in [3.05, 3.63) is 56.9 Å². The van der Waals surface area contributed by atoms with Gasteiger partial charge in [0.05, 0.1) is 22.5 Å². The normalized spacial score (nSPS) is 12.4. The van der Waals surface area contributed by atoms with Gasteiger partial charge in [0.1, 0.15) is 0 Å². The average Bonchev–Trinajstić information content (AvgIpc) is 3.04. The second-order valence-electron chi connectivity index (χ2n) is 7.24. The van der Waals surface area contributed by atoms with Gasteiger partial charge in [-0.05, 0) is 31.4 Å². The molecule has 0 bridgehead atoms. The number of rotatable bonds is 6. The van der Waals surface area contributed by atoms with Crippen LogP contribution in [0.5, 0.6) is 0 Å². The van der Waals surface area contributed by atoms with E-state index in [-0.39, 0.29) is 11.2 Å². The minimum Gasteiger partial charge on any atom is -0.481 e. The fourth-order valence-corrected chi connectivity index (χ4v) is 3.67. The lowest BCUT2D eigenvalue weighted by molar-refractivity contribution is -0.142. The highest BCUT2D eigenvalue weighted by atomic mass is 16.4. The Labute approximate surface area is 162 Å². The summed E-state index contributed by atoms with van der Waals surface area (Å²) in [5, 5.41) is 9.84. The number of aliphatic carboxylic acids is 1. The van der Waals surface area contributed by atoms with Gasteiger partial charge in [0.25, 0.3) is 5.56 Å². The first-order valence-corrected chi connectivity index (χ1v) is 9.35. The summed E-state index contributed by atoms with van der Waals surface area (Å²) in [6.07, 6.45) is 2.76. The lowest BCUT2D eigenvalue weighted by atomic mass is 10.0. The van der Waals surface area contributed by atoms with Crippen LogP contribution < -0.4 is 11.2 Å². The Balaban J connectivity index is 2.28. The molecule has 2 heterocycles. The molecule has 28 heavy (non-hydrogen) atoms. The maximum Gasteiger partial charge on any atom is 0.330 e. The summed E-state index contributed by atoms with van der Waals surface area (Å²) < 4.78 is 4.48. The molecule has 0 fully saturated rings. The number of hydrogen-bond acceptors (Lipinski definition) is 3. The van der Waals surface area contributed by atoms with Crippen LogP contribution in [0.15, 0.2) is 40.1 Å². The number of fused-ring (bicyclic) bond motifs is 1. The molecule has 0 amide bonds. The monoisotopic (exact) mass is 383 g/mol. The zero-order chi connectivity index (χ0) is 20.6. The van der Waals surface area contributed by atoms with E-state index in [9.17, 15) is 19.5 Å². The molecule has 7 nitrogen and oxygen atoms in total. The first-order chi connectivity index (χ1) is 13.3. The van der Waals surface area contributed by atoms with E-state index >= 15 is 0 Å². The van der Waals surface area contributed by atoms with Gasteiger partial charge in [0.2, 0.25) is 0 Å². The van der Waals surface area contributed by atoms with Crippen molar-refractivity contribution in [3.8, 4) is 11.3 Å². The van der Waals surface area contributed by atoms with Crippen LogP contribution in [-0.4, -0.2) is 24.8 Å². The molecule has 7 heteroatoms. The summed E-state index contributed by atoms with van der Waals surface area (Å²) in [4.78, 5) is 36.7. The van der Waals surface area contributed by atoms with Gasteiger partial charge < -0.3 is 9.67 Å². The summed E-state index contributed by atoms with van der Waals surface area (Å²) >= 11 is 0. The molecule has 1 N–H and O–H groups in total. The predicted molar refractivity (Wildman–Crippen MR) is 109 cm³/mol. The number of benzene rings is 1. The van der Waals surface area contributed by atoms with Gasteiger partial charge in [-0.25, -0.2) is 4.79 Å². The zero-order valence-corrected chi connectivity index (χ0v) is 16.6. The Morgan fingerprint density at radius 3 is 2.50 bits per heavy atom. The van der Waals surface area contributed by atoms with Crippen molar-refractivity contribution >= 4 is 16.9 Å². The number of hydrogen-bond donors (Lipinski definition) is 1. The average molecular weight is 383 g/mol. The van der Waals surface area contributed by atoms with Gasteiger partial charge in [-0.15, -0.1) is 0 Å². The molecule has 0 spiro atoms. The lowest BCUT2D eigenvalue weighted by Gasteiger charge is -2.13. The quantitative estimate of drug-likeness (QED) is 0.709. The number of aromatic nitrogens is 3. The van der Waals surface area contributed by atoms with E-state index < -0.39 is 11.9 Å². The smallest absolute Gasteiger partial charge is 0.330 e. The Morgan fingerprint density at radius 2 is 1.89 bits per heavy atom. The highest BCUT2D eigenvalue weighted by molar-refractivity contribution is 5.93. The molecule has 148 valence electrons. The number of carboxylic acid groups (broad SMARTS) is 1. The predicted octanol–water partition coefficient (Wildman–Crippen LogP) is 2.52. The number of carbonyl (C=O) groups is 1. The zero-order valence-electron chi connectivity index (χ0n) is 16.6. The molecular weight excluding hydrogens is 358 g/mol. The fourth-order valence-electron chi connectivity index (χ4n) is 3.67. The Morgan fingerprint density at radius 1 is 1.18 bits per heavy atom.